The molecule has 1 aliphatic rings. The first kappa shape index (κ1) is 22.0. The molecule has 3 aromatic heterocycles. The second-order valence-corrected chi connectivity index (χ2v) is 8.59. The van der Waals surface area contributed by atoms with Crippen molar-refractivity contribution in [3.63, 3.8) is 0 Å². The van der Waals surface area contributed by atoms with E-state index >= 15 is 0 Å². The van der Waals surface area contributed by atoms with Crippen molar-refractivity contribution in [3.05, 3.63) is 36.0 Å². The van der Waals surface area contributed by atoms with Gasteiger partial charge in [0.05, 0.1) is 12.7 Å². The molecule has 4 rings (SSSR count). The summed E-state index contributed by atoms with van der Waals surface area (Å²) in [5.41, 5.74) is 11.8. The number of rotatable bonds is 4. The summed E-state index contributed by atoms with van der Waals surface area (Å²) >= 11 is 0.920. The van der Waals surface area contributed by atoms with Gasteiger partial charge in [-0.2, -0.15) is 5.10 Å². The molecule has 0 saturated carbocycles. The fourth-order valence-corrected chi connectivity index (χ4v) is 4.45. The number of carbonyl (C=O) groups is 1. The number of hydrogen-bond acceptors (Lipinski definition) is 8. The van der Waals surface area contributed by atoms with E-state index in [9.17, 15) is 18.0 Å². The van der Waals surface area contributed by atoms with Crippen LogP contribution < -0.4 is 21.7 Å². The van der Waals surface area contributed by atoms with Crippen molar-refractivity contribution >= 4 is 33.8 Å². The third-order valence-electron chi connectivity index (χ3n) is 5.04. The van der Waals surface area contributed by atoms with Gasteiger partial charge in [0, 0.05) is 32.3 Å². The van der Waals surface area contributed by atoms with Gasteiger partial charge in [0.15, 0.2) is 17.3 Å². The minimum atomic E-state index is -2.98. The summed E-state index contributed by atoms with van der Waals surface area (Å²) in [5.74, 6) is -3.93. The van der Waals surface area contributed by atoms with Crippen LogP contribution in [0.1, 0.15) is 23.3 Å². The number of anilines is 3. The van der Waals surface area contributed by atoms with Gasteiger partial charge in [-0.05, 0) is 18.6 Å². The Morgan fingerprint density at radius 1 is 1.41 bits per heavy atom. The van der Waals surface area contributed by atoms with Crippen molar-refractivity contribution in [3.8, 4) is 10.7 Å². The normalized spacial score (nSPS) is 18.4. The molecule has 9 nitrogen and oxygen atoms in total. The lowest BCUT2D eigenvalue weighted by atomic mass is 10.1. The Hall–Kier alpha value is -3.19. The molecule has 170 valence electrons. The molecule has 1 amide bonds. The molecular formula is C19H21F3N8OS. The number of aryl methyl sites for hydroxylation is 1. The second-order valence-electron chi connectivity index (χ2n) is 7.56. The largest absolute Gasteiger partial charge is 0.389 e. The molecule has 0 bridgehead atoms. The maximum atomic E-state index is 14.3. The number of carbonyl (C=O) groups excluding carboxylic acids is 1. The number of hydrogen-bond donors (Lipinski definition) is 3. The molecule has 5 N–H and O–H groups in total. The Bertz CT molecular complexity index is 1150. The van der Waals surface area contributed by atoms with Crippen LogP contribution in [0.2, 0.25) is 0 Å². The number of nitrogens with one attached hydrogen (secondary N) is 1. The maximum Gasteiger partial charge on any atom is 0.277 e. The van der Waals surface area contributed by atoms with Crippen molar-refractivity contribution in [2.75, 3.05) is 29.0 Å². The van der Waals surface area contributed by atoms with Crippen LogP contribution in [0.25, 0.3) is 10.7 Å². The molecule has 1 saturated heterocycles. The number of aromatic nitrogens is 4. The number of thiazole rings is 1. The zero-order chi connectivity index (χ0) is 23.0. The van der Waals surface area contributed by atoms with Crippen molar-refractivity contribution in [1.82, 2.24) is 19.7 Å². The highest BCUT2D eigenvalue weighted by Crippen LogP contribution is 2.34. The fourth-order valence-electron chi connectivity index (χ4n) is 3.63. The van der Waals surface area contributed by atoms with Gasteiger partial charge in [-0.25, -0.2) is 18.2 Å². The van der Waals surface area contributed by atoms with Crippen LogP contribution in [0.5, 0.6) is 0 Å². The van der Waals surface area contributed by atoms with Gasteiger partial charge in [-0.3, -0.25) is 14.5 Å². The van der Waals surface area contributed by atoms with Crippen LogP contribution in [-0.4, -0.2) is 50.7 Å². The van der Waals surface area contributed by atoms with Gasteiger partial charge in [0.25, 0.3) is 11.8 Å². The summed E-state index contributed by atoms with van der Waals surface area (Å²) in [6, 6.07) is 2.04. The maximum absolute atomic E-state index is 14.3. The summed E-state index contributed by atoms with van der Waals surface area (Å²) in [5, 5.41) is 6.95. The molecule has 0 aromatic carbocycles. The average molecular weight is 466 g/mol. The first-order valence-electron chi connectivity index (χ1n) is 9.73. The number of nitrogen functional groups attached to an aromatic ring is 1. The van der Waals surface area contributed by atoms with E-state index in [0.29, 0.717) is 12.2 Å². The van der Waals surface area contributed by atoms with Gasteiger partial charge in [-0.15, -0.1) is 0 Å². The molecule has 1 fully saturated rings. The van der Waals surface area contributed by atoms with Crippen molar-refractivity contribution < 1.29 is 18.0 Å². The predicted molar refractivity (Wildman–Crippen MR) is 115 cm³/mol. The molecule has 1 aliphatic heterocycles. The van der Waals surface area contributed by atoms with Gasteiger partial charge < -0.3 is 21.7 Å². The molecular weight excluding hydrogens is 445 g/mol. The van der Waals surface area contributed by atoms with E-state index in [0.717, 1.165) is 11.3 Å². The number of alkyl halides is 2. The first-order chi connectivity index (χ1) is 15.1. The monoisotopic (exact) mass is 466 g/mol. The smallest absolute Gasteiger partial charge is 0.277 e. The lowest BCUT2D eigenvalue weighted by Crippen LogP contribution is -2.37. The number of nitrogens with two attached hydrogens (primary N) is 2. The number of amides is 1. The van der Waals surface area contributed by atoms with E-state index in [2.05, 4.69) is 20.4 Å². The number of halogens is 3. The highest BCUT2D eigenvalue weighted by molar-refractivity contribution is 7.19. The van der Waals surface area contributed by atoms with Crippen molar-refractivity contribution in [2.45, 2.75) is 24.8 Å². The van der Waals surface area contributed by atoms with Gasteiger partial charge >= 0.3 is 0 Å². The summed E-state index contributed by atoms with van der Waals surface area (Å²) in [6.45, 7) is -0.272. The van der Waals surface area contributed by atoms with E-state index in [4.69, 9.17) is 11.5 Å². The Morgan fingerprint density at radius 2 is 2.19 bits per heavy atom. The Kier molecular flexibility index (Phi) is 5.77. The molecule has 13 heteroatoms. The van der Waals surface area contributed by atoms with E-state index < -0.39 is 36.7 Å². The Labute approximate surface area is 185 Å². The van der Waals surface area contributed by atoms with E-state index in [1.54, 1.807) is 7.05 Å². The van der Waals surface area contributed by atoms with Crippen LogP contribution in [0.3, 0.4) is 0 Å². The molecule has 1 unspecified atom stereocenters. The molecule has 0 spiro atoms. The number of pyridine rings is 1. The third-order valence-corrected chi connectivity index (χ3v) is 5.93. The highest BCUT2D eigenvalue weighted by Gasteiger charge is 2.38. The molecule has 4 heterocycles. The van der Waals surface area contributed by atoms with Crippen LogP contribution in [0, 0.1) is 5.82 Å². The van der Waals surface area contributed by atoms with Crippen LogP contribution in [0.15, 0.2) is 24.5 Å². The first-order valence-corrected chi connectivity index (χ1v) is 10.5. The molecule has 3 aromatic rings. The molecule has 0 radical (unpaired) electrons. The fraction of sp³-hybridized carbons (Fsp3) is 0.368. The molecule has 0 aliphatic carbocycles. The average Bonchev–Trinajstić information content (AvgIpc) is 3.23. The lowest BCUT2D eigenvalue weighted by molar-refractivity contribution is -0.000526. The summed E-state index contributed by atoms with van der Waals surface area (Å²) < 4.78 is 44.0. The summed E-state index contributed by atoms with van der Waals surface area (Å²) in [4.78, 5) is 22.4. The molecule has 32 heavy (non-hydrogen) atoms. The zero-order valence-corrected chi connectivity index (χ0v) is 17.9. The van der Waals surface area contributed by atoms with Crippen molar-refractivity contribution in [1.29, 1.82) is 0 Å². The van der Waals surface area contributed by atoms with Crippen LogP contribution >= 0.6 is 11.3 Å². The topological polar surface area (TPSA) is 128 Å². The van der Waals surface area contributed by atoms with Gasteiger partial charge in [0.1, 0.15) is 21.4 Å². The van der Waals surface area contributed by atoms with Gasteiger partial charge in [-0.1, -0.05) is 11.3 Å². The number of nitrogens with zero attached hydrogens (tertiary/aromatic N) is 5. The third kappa shape index (κ3) is 4.39. The highest BCUT2D eigenvalue weighted by atomic mass is 32.1. The van der Waals surface area contributed by atoms with Crippen molar-refractivity contribution in [2.24, 2.45) is 12.8 Å². The van der Waals surface area contributed by atoms with E-state index in [-0.39, 0.29) is 33.6 Å². The summed E-state index contributed by atoms with van der Waals surface area (Å²) in [6.07, 6.45) is 2.72. The zero-order valence-electron chi connectivity index (χ0n) is 17.1. The lowest BCUT2D eigenvalue weighted by Gasteiger charge is -2.26. The quantitative estimate of drug-likeness (QED) is 0.539. The SMILES string of the molecule is Cn1ncc(NC(=O)c2nc(-c3ncccc3F)sc2N)c1N1CCC(N)CC(F)(F)C1. The van der Waals surface area contributed by atoms with Crippen LogP contribution in [0.4, 0.5) is 29.7 Å². The summed E-state index contributed by atoms with van der Waals surface area (Å²) in [7, 11) is 1.59. The van der Waals surface area contributed by atoms with E-state index in [1.165, 1.54) is 34.1 Å². The Balaban J connectivity index is 1.60. The van der Waals surface area contributed by atoms with Gasteiger partial charge in [0.2, 0.25) is 0 Å². The Morgan fingerprint density at radius 3 is 2.94 bits per heavy atom. The molecule has 1 atom stereocenters. The minimum absolute atomic E-state index is 0.0200. The van der Waals surface area contributed by atoms with E-state index in [1.807, 2.05) is 0 Å². The van der Waals surface area contributed by atoms with Crippen LogP contribution in [-0.2, 0) is 7.05 Å². The standard InChI is InChI=1S/C19H21F3N8OS/c1-29-18(30-6-4-10(23)7-19(21,22)9-30)12(8-26-29)27-16(31)14-15(24)32-17(28-14)13-11(20)3-2-5-25-13/h2-3,5,8,10H,4,6-7,9,23-24H2,1H3,(H,27,31). The predicted octanol–water partition coefficient (Wildman–Crippen LogP) is 2.48. The second kappa shape index (κ2) is 8.39. The minimum Gasteiger partial charge on any atom is -0.389 e.